The Hall–Kier alpha value is -2.55. The van der Waals surface area contributed by atoms with Crippen LogP contribution in [0, 0.1) is 23.7 Å². The van der Waals surface area contributed by atoms with E-state index in [0.29, 0.717) is 37.2 Å². The third-order valence-electron chi connectivity index (χ3n) is 10.7. The van der Waals surface area contributed by atoms with Crippen LogP contribution in [0.1, 0.15) is 62.5 Å². The number of sulfonamides is 1. The molecule has 2 aromatic rings. The van der Waals surface area contributed by atoms with Gasteiger partial charge in [-0.2, -0.15) is 0 Å². The van der Waals surface area contributed by atoms with E-state index in [-0.39, 0.29) is 28.3 Å². The average Bonchev–Trinajstić information content (AvgIpc) is 3.82. The number of nitrogens with one attached hydrogen (secondary N) is 1. The second kappa shape index (κ2) is 11.4. The predicted octanol–water partition coefficient (Wildman–Crippen LogP) is 6.04. The summed E-state index contributed by atoms with van der Waals surface area (Å²) >= 11 is 6.41. The van der Waals surface area contributed by atoms with Gasteiger partial charge in [-0.15, -0.1) is 0 Å². The van der Waals surface area contributed by atoms with Crippen molar-refractivity contribution in [1.29, 1.82) is 0 Å². The maximum absolute atomic E-state index is 13.6. The molecule has 5 atom stereocenters. The number of methoxy groups -OCH3 is 1. The lowest BCUT2D eigenvalue weighted by Gasteiger charge is -2.46. The van der Waals surface area contributed by atoms with Gasteiger partial charge in [0.25, 0.3) is 10.0 Å². The fraction of sp³-hybridized carbons (Fsp3) is 0.559. The second-order valence-corrected chi connectivity index (χ2v) is 15.5. The molecule has 0 aromatic heterocycles. The third-order valence-corrected chi connectivity index (χ3v) is 12.3. The molecule has 2 fully saturated rings. The summed E-state index contributed by atoms with van der Waals surface area (Å²) in [5.41, 5.74) is 3.07. The fourth-order valence-electron chi connectivity index (χ4n) is 8.05. The lowest BCUT2D eigenvalue weighted by Crippen LogP contribution is -2.49. The first-order chi connectivity index (χ1) is 20.8. The average molecular weight is 625 g/mol. The summed E-state index contributed by atoms with van der Waals surface area (Å²) < 4.78 is 42.3. The van der Waals surface area contributed by atoms with Crippen molar-refractivity contribution in [1.82, 2.24) is 4.72 Å². The zero-order valence-corrected chi connectivity index (χ0v) is 26.3. The maximum Gasteiger partial charge on any atom is 0.264 e. The van der Waals surface area contributed by atoms with Gasteiger partial charge in [-0.05, 0) is 117 Å². The van der Waals surface area contributed by atoms with E-state index in [4.69, 9.17) is 21.1 Å². The Morgan fingerprint density at radius 1 is 1.07 bits per heavy atom. The van der Waals surface area contributed by atoms with Crippen molar-refractivity contribution in [2.24, 2.45) is 23.7 Å². The Bertz CT molecular complexity index is 1540. The van der Waals surface area contributed by atoms with Gasteiger partial charge in [0.15, 0.2) is 0 Å². The van der Waals surface area contributed by atoms with Crippen LogP contribution >= 0.6 is 11.6 Å². The first-order valence-corrected chi connectivity index (χ1v) is 17.7. The van der Waals surface area contributed by atoms with Crippen molar-refractivity contribution < 1.29 is 22.7 Å². The summed E-state index contributed by atoms with van der Waals surface area (Å²) in [4.78, 5) is 15.8. The molecule has 2 aliphatic heterocycles. The molecule has 3 aliphatic carbocycles. The number of carbonyl (C=O) groups excluding carboxylic acids is 1. The molecule has 2 aromatic carbocycles. The number of rotatable bonds is 2. The number of ether oxygens (including phenoxy) is 2. The van der Waals surface area contributed by atoms with E-state index < -0.39 is 15.9 Å². The molecule has 0 radical (unpaired) electrons. The number of fused-ring (bicyclic) bond motifs is 4. The lowest BCUT2D eigenvalue weighted by atomic mass is 9.68. The highest BCUT2D eigenvalue weighted by atomic mass is 35.5. The van der Waals surface area contributed by atoms with Gasteiger partial charge in [0.2, 0.25) is 5.91 Å². The molecule has 43 heavy (non-hydrogen) atoms. The smallest absolute Gasteiger partial charge is 0.264 e. The van der Waals surface area contributed by atoms with Gasteiger partial charge in [0, 0.05) is 36.6 Å². The highest BCUT2D eigenvalue weighted by Gasteiger charge is 2.45. The Balaban J connectivity index is 1.30. The van der Waals surface area contributed by atoms with Crippen LogP contribution in [0.2, 0.25) is 5.02 Å². The summed E-state index contributed by atoms with van der Waals surface area (Å²) in [6.07, 6.45) is 12.8. The summed E-state index contributed by atoms with van der Waals surface area (Å²) in [7, 11) is -2.27. The molecule has 9 heteroatoms. The number of amides is 1. The molecule has 0 saturated heterocycles. The van der Waals surface area contributed by atoms with Crippen molar-refractivity contribution in [3.05, 3.63) is 64.7 Å². The monoisotopic (exact) mass is 624 g/mol. The van der Waals surface area contributed by atoms with Crippen LogP contribution in [-0.4, -0.2) is 47.2 Å². The number of hydrogen-bond donors (Lipinski definition) is 1. The number of aryl methyl sites for hydroxylation is 1. The summed E-state index contributed by atoms with van der Waals surface area (Å²) in [6, 6.07) is 11.3. The number of anilines is 1. The second-order valence-electron chi connectivity index (χ2n) is 13.4. The number of carbonyl (C=O) groups is 1. The Morgan fingerprint density at radius 2 is 1.91 bits per heavy atom. The Morgan fingerprint density at radius 3 is 2.67 bits per heavy atom. The van der Waals surface area contributed by atoms with E-state index in [1.807, 2.05) is 6.07 Å². The van der Waals surface area contributed by atoms with Crippen LogP contribution in [0.5, 0.6) is 5.75 Å². The van der Waals surface area contributed by atoms with Gasteiger partial charge in [-0.1, -0.05) is 29.8 Å². The van der Waals surface area contributed by atoms with Crippen molar-refractivity contribution >= 4 is 33.2 Å². The first kappa shape index (κ1) is 29.2. The minimum atomic E-state index is -4.05. The molecule has 5 aliphatic rings. The minimum Gasteiger partial charge on any atom is -0.490 e. The molecule has 1 unspecified atom stereocenters. The zero-order valence-electron chi connectivity index (χ0n) is 24.8. The van der Waals surface area contributed by atoms with Crippen LogP contribution in [0.4, 0.5) is 5.69 Å². The largest absolute Gasteiger partial charge is 0.490 e. The fourth-order valence-corrected chi connectivity index (χ4v) is 9.29. The van der Waals surface area contributed by atoms with Crippen LogP contribution in [-0.2, 0) is 31.4 Å². The number of hydrogen-bond acceptors (Lipinski definition) is 6. The Labute approximate surface area is 260 Å². The molecule has 1 N–H and O–H groups in total. The van der Waals surface area contributed by atoms with Crippen LogP contribution < -0.4 is 14.4 Å². The van der Waals surface area contributed by atoms with Crippen molar-refractivity contribution in [2.75, 3.05) is 31.7 Å². The molecule has 1 spiro atoms. The summed E-state index contributed by atoms with van der Waals surface area (Å²) in [5.74, 6) is 0.994. The molecule has 7 rings (SSSR count). The third kappa shape index (κ3) is 5.59. The van der Waals surface area contributed by atoms with Crippen LogP contribution in [0.25, 0.3) is 0 Å². The summed E-state index contributed by atoms with van der Waals surface area (Å²) in [6.45, 7) is 2.00. The van der Waals surface area contributed by atoms with Gasteiger partial charge in [-0.25, -0.2) is 13.1 Å². The molecule has 2 bridgehead atoms. The number of benzene rings is 2. The summed E-state index contributed by atoms with van der Waals surface area (Å²) in [5, 5.41) is 0.746. The highest BCUT2D eigenvalue weighted by Crippen LogP contribution is 2.47. The number of halogens is 1. The van der Waals surface area contributed by atoms with Gasteiger partial charge < -0.3 is 14.4 Å². The molecule has 7 nitrogen and oxygen atoms in total. The van der Waals surface area contributed by atoms with E-state index in [0.717, 1.165) is 68.6 Å². The standard InChI is InChI=1S/C34H41ClN2O5S/c1-41-31-7-3-2-6-28(22-8-9-22)33(38)36-43(39,40)26-12-15-32-30(18-26)37(19-24-10-13-27(24)31)20-34(21-42-32)16-4-5-23-17-25(35)11-14-29(23)34/h3,7,11-12,14-15,17-18,22,24,27-28,31H,2,4-6,8-10,13,16,19-21H2,1H3,(H,36,38)/b7-3+/t24-,27+,28-,31?,34-/m0/s1. The number of nitrogens with zero attached hydrogens (tertiary/aromatic N) is 1. The van der Waals surface area contributed by atoms with Crippen molar-refractivity contribution in [2.45, 2.75) is 74.2 Å². The van der Waals surface area contributed by atoms with Crippen LogP contribution in [0.15, 0.2) is 53.4 Å². The van der Waals surface area contributed by atoms with Gasteiger partial charge >= 0.3 is 0 Å². The quantitative estimate of drug-likeness (QED) is 0.411. The van der Waals surface area contributed by atoms with Crippen molar-refractivity contribution in [3.63, 3.8) is 0 Å². The van der Waals surface area contributed by atoms with E-state index >= 15 is 0 Å². The van der Waals surface area contributed by atoms with E-state index in [1.54, 1.807) is 25.3 Å². The van der Waals surface area contributed by atoms with E-state index in [2.05, 4.69) is 33.9 Å². The van der Waals surface area contributed by atoms with E-state index in [1.165, 1.54) is 11.1 Å². The SMILES string of the molecule is COC1/C=C/CC[C@@H](C2CC2)C(=O)NS(=O)(=O)c2ccc3c(c2)N(C[C@@H]2CC[C@@H]12)C[C@@]1(CCCc2cc(Cl)ccc21)CO3. The van der Waals surface area contributed by atoms with Crippen molar-refractivity contribution in [3.8, 4) is 5.75 Å². The highest BCUT2D eigenvalue weighted by molar-refractivity contribution is 7.90. The zero-order chi connectivity index (χ0) is 29.8. The molecule has 2 heterocycles. The molecule has 1 amide bonds. The van der Waals surface area contributed by atoms with Gasteiger partial charge in [-0.3, -0.25) is 4.79 Å². The topological polar surface area (TPSA) is 84.9 Å². The van der Waals surface area contributed by atoms with E-state index in [9.17, 15) is 13.2 Å². The Kier molecular flexibility index (Phi) is 7.75. The number of allylic oxidation sites excluding steroid dienone is 1. The van der Waals surface area contributed by atoms with Crippen LogP contribution in [0.3, 0.4) is 0 Å². The molecule has 230 valence electrons. The van der Waals surface area contributed by atoms with Gasteiger partial charge in [0.05, 0.1) is 23.3 Å². The predicted molar refractivity (Wildman–Crippen MR) is 167 cm³/mol. The molecular formula is C34H41ClN2O5S. The van der Waals surface area contributed by atoms with Gasteiger partial charge in [0.1, 0.15) is 5.75 Å². The first-order valence-electron chi connectivity index (χ1n) is 15.8. The normalized spacial score (nSPS) is 32.8. The maximum atomic E-state index is 13.6. The molecular weight excluding hydrogens is 584 g/mol. The molecule has 2 saturated carbocycles. The lowest BCUT2D eigenvalue weighted by molar-refractivity contribution is -0.124. The minimum absolute atomic E-state index is 0.0146.